The number of methoxy groups -OCH3 is 1. The van der Waals surface area contributed by atoms with Crippen LogP contribution in [0.1, 0.15) is 31.2 Å². The Morgan fingerprint density at radius 3 is 2.57 bits per heavy atom. The number of amides is 1. The lowest BCUT2D eigenvalue weighted by Crippen LogP contribution is -2.43. The largest absolute Gasteiger partial charge is 0.445 e. The zero-order valence-corrected chi connectivity index (χ0v) is 14.2. The van der Waals surface area contributed by atoms with Crippen molar-refractivity contribution >= 4 is 6.09 Å². The van der Waals surface area contributed by atoms with Crippen LogP contribution in [0.25, 0.3) is 0 Å². The van der Waals surface area contributed by atoms with Gasteiger partial charge in [-0.25, -0.2) is 4.79 Å². The van der Waals surface area contributed by atoms with Crippen molar-refractivity contribution in [2.45, 2.75) is 44.4 Å². The summed E-state index contributed by atoms with van der Waals surface area (Å²) in [5, 5.41) is 2.99. The molecule has 1 aromatic carbocycles. The number of alkyl carbamates (subject to hydrolysis) is 1. The molecule has 5 heteroatoms. The fourth-order valence-corrected chi connectivity index (χ4v) is 3.01. The van der Waals surface area contributed by atoms with Gasteiger partial charge in [0.1, 0.15) is 6.61 Å². The number of ether oxygens (including phenoxy) is 2. The predicted octanol–water partition coefficient (Wildman–Crippen LogP) is 2.80. The maximum absolute atomic E-state index is 11.9. The number of nitrogens with zero attached hydrogens (tertiary/aromatic N) is 1. The predicted molar refractivity (Wildman–Crippen MR) is 90.3 cm³/mol. The van der Waals surface area contributed by atoms with Crippen LogP contribution in [0.3, 0.4) is 0 Å². The van der Waals surface area contributed by atoms with Gasteiger partial charge in [-0.3, -0.25) is 0 Å². The molecule has 128 valence electrons. The lowest BCUT2D eigenvalue weighted by atomic mass is 9.90. The number of hydrogen-bond donors (Lipinski definition) is 1. The van der Waals surface area contributed by atoms with Crippen LogP contribution >= 0.6 is 0 Å². The minimum atomic E-state index is -0.315. The van der Waals surface area contributed by atoms with Crippen LogP contribution in [-0.2, 0) is 16.1 Å². The molecule has 0 bridgehead atoms. The molecule has 1 fully saturated rings. The van der Waals surface area contributed by atoms with Crippen molar-refractivity contribution in [3.63, 3.8) is 0 Å². The third-order valence-corrected chi connectivity index (χ3v) is 4.50. The van der Waals surface area contributed by atoms with Gasteiger partial charge in [-0.2, -0.15) is 0 Å². The highest BCUT2D eigenvalue weighted by atomic mass is 16.5. The summed E-state index contributed by atoms with van der Waals surface area (Å²) in [4.78, 5) is 14.2. The smallest absolute Gasteiger partial charge is 0.407 e. The van der Waals surface area contributed by atoms with E-state index in [1.807, 2.05) is 30.3 Å². The summed E-state index contributed by atoms with van der Waals surface area (Å²) in [6, 6.07) is 10.6. The molecular weight excluding hydrogens is 292 g/mol. The molecule has 0 unspecified atom stereocenters. The molecule has 1 aliphatic rings. The van der Waals surface area contributed by atoms with E-state index in [2.05, 4.69) is 17.3 Å². The third-order valence-electron chi connectivity index (χ3n) is 4.50. The van der Waals surface area contributed by atoms with Crippen LogP contribution in [-0.4, -0.2) is 50.4 Å². The second kappa shape index (κ2) is 9.53. The number of rotatable bonds is 7. The maximum atomic E-state index is 11.9. The van der Waals surface area contributed by atoms with Crippen LogP contribution in [0, 0.1) is 0 Å². The molecule has 0 aliphatic heterocycles. The Kier molecular flexibility index (Phi) is 7.36. The fraction of sp³-hybridized carbons (Fsp3) is 0.611. The molecular formula is C18H28N2O3. The zero-order chi connectivity index (χ0) is 16.5. The molecule has 1 N–H and O–H groups in total. The Balaban J connectivity index is 1.64. The Hall–Kier alpha value is -1.59. The van der Waals surface area contributed by atoms with Crippen molar-refractivity contribution in [3.05, 3.63) is 35.9 Å². The van der Waals surface area contributed by atoms with E-state index < -0.39 is 0 Å². The highest BCUT2D eigenvalue weighted by Gasteiger charge is 2.25. The van der Waals surface area contributed by atoms with Crippen molar-refractivity contribution in [2.24, 2.45) is 0 Å². The lowest BCUT2D eigenvalue weighted by molar-refractivity contribution is 0.110. The number of carbonyl (C=O) groups is 1. The number of carbonyl (C=O) groups excluding carboxylic acids is 1. The van der Waals surface area contributed by atoms with E-state index in [0.29, 0.717) is 12.6 Å². The molecule has 0 spiro atoms. The van der Waals surface area contributed by atoms with Gasteiger partial charge < -0.3 is 19.7 Å². The topological polar surface area (TPSA) is 50.8 Å². The highest BCUT2D eigenvalue weighted by Crippen LogP contribution is 2.22. The van der Waals surface area contributed by atoms with Gasteiger partial charge >= 0.3 is 6.09 Å². The van der Waals surface area contributed by atoms with Crippen molar-refractivity contribution < 1.29 is 14.3 Å². The van der Waals surface area contributed by atoms with Gasteiger partial charge in [0, 0.05) is 25.7 Å². The van der Waals surface area contributed by atoms with Crippen molar-refractivity contribution in [3.8, 4) is 0 Å². The third kappa shape index (κ3) is 6.20. The summed E-state index contributed by atoms with van der Waals surface area (Å²) < 4.78 is 10.4. The number of hydrogen-bond acceptors (Lipinski definition) is 4. The van der Waals surface area contributed by atoms with E-state index in [-0.39, 0.29) is 12.1 Å². The molecule has 0 aromatic heterocycles. The molecule has 23 heavy (non-hydrogen) atoms. The van der Waals surface area contributed by atoms with Crippen LogP contribution < -0.4 is 5.32 Å². The summed E-state index contributed by atoms with van der Waals surface area (Å²) in [6.07, 6.45) is 3.89. The first kappa shape index (κ1) is 17.8. The normalized spacial score (nSPS) is 21.2. The fourth-order valence-electron chi connectivity index (χ4n) is 3.01. The summed E-state index contributed by atoms with van der Waals surface area (Å²) in [5.41, 5.74) is 1.01. The molecule has 1 amide bonds. The summed E-state index contributed by atoms with van der Waals surface area (Å²) >= 11 is 0. The first-order valence-electron chi connectivity index (χ1n) is 8.35. The summed E-state index contributed by atoms with van der Waals surface area (Å²) in [6.45, 7) is 2.04. The monoisotopic (exact) mass is 320 g/mol. The van der Waals surface area contributed by atoms with Crippen LogP contribution in [0.4, 0.5) is 4.79 Å². The van der Waals surface area contributed by atoms with E-state index in [4.69, 9.17) is 9.47 Å². The Bertz CT molecular complexity index is 459. The molecule has 5 nitrogen and oxygen atoms in total. The van der Waals surface area contributed by atoms with Gasteiger partial charge in [0.15, 0.2) is 0 Å². The molecule has 1 saturated carbocycles. The molecule has 0 radical (unpaired) electrons. The average molecular weight is 320 g/mol. The van der Waals surface area contributed by atoms with Gasteiger partial charge in [0.05, 0.1) is 6.61 Å². The number of likely N-dealkylation sites (N-methyl/N-ethyl adjacent to an activating group) is 1. The first-order chi connectivity index (χ1) is 11.2. The molecule has 2 rings (SSSR count). The Morgan fingerprint density at radius 1 is 1.22 bits per heavy atom. The highest BCUT2D eigenvalue weighted by molar-refractivity contribution is 5.67. The van der Waals surface area contributed by atoms with Crippen LogP contribution in [0.2, 0.25) is 0 Å². The van der Waals surface area contributed by atoms with Crippen molar-refractivity contribution in [1.82, 2.24) is 10.2 Å². The number of benzene rings is 1. The van der Waals surface area contributed by atoms with Gasteiger partial charge in [-0.15, -0.1) is 0 Å². The van der Waals surface area contributed by atoms with Crippen molar-refractivity contribution in [2.75, 3.05) is 27.3 Å². The minimum Gasteiger partial charge on any atom is -0.445 e. The molecule has 0 atom stereocenters. The molecule has 1 aromatic rings. The standard InChI is InChI=1S/C18H28N2O3/c1-20(12-13-22-2)17-10-8-16(9-11-17)19-18(21)23-14-15-6-4-3-5-7-15/h3-7,16-17H,8-14H2,1-2H3,(H,19,21)/t16-,17-. The van der Waals surface area contributed by atoms with E-state index in [9.17, 15) is 4.79 Å². The molecule has 0 heterocycles. The lowest BCUT2D eigenvalue weighted by Gasteiger charge is -2.34. The first-order valence-corrected chi connectivity index (χ1v) is 8.35. The SMILES string of the molecule is COCCN(C)[C@H]1CC[C@H](NC(=O)OCc2ccccc2)CC1. The second-order valence-electron chi connectivity index (χ2n) is 6.18. The van der Waals surface area contributed by atoms with E-state index in [1.54, 1.807) is 7.11 Å². The maximum Gasteiger partial charge on any atom is 0.407 e. The average Bonchev–Trinajstić information content (AvgIpc) is 2.59. The van der Waals surface area contributed by atoms with Gasteiger partial charge in [-0.05, 0) is 38.3 Å². The molecule has 1 aliphatic carbocycles. The number of nitrogens with one attached hydrogen (secondary N) is 1. The van der Waals surface area contributed by atoms with E-state index in [1.165, 1.54) is 0 Å². The van der Waals surface area contributed by atoms with E-state index >= 15 is 0 Å². The summed E-state index contributed by atoms with van der Waals surface area (Å²) in [7, 11) is 3.88. The van der Waals surface area contributed by atoms with Gasteiger partial charge in [-0.1, -0.05) is 30.3 Å². The van der Waals surface area contributed by atoms with Gasteiger partial charge in [0.25, 0.3) is 0 Å². The van der Waals surface area contributed by atoms with Gasteiger partial charge in [0.2, 0.25) is 0 Å². The molecule has 0 saturated heterocycles. The Morgan fingerprint density at radius 2 is 1.91 bits per heavy atom. The second-order valence-corrected chi connectivity index (χ2v) is 6.18. The van der Waals surface area contributed by atoms with Crippen LogP contribution in [0.5, 0.6) is 0 Å². The minimum absolute atomic E-state index is 0.227. The zero-order valence-electron chi connectivity index (χ0n) is 14.2. The van der Waals surface area contributed by atoms with Crippen molar-refractivity contribution in [1.29, 1.82) is 0 Å². The summed E-state index contributed by atoms with van der Waals surface area (Å²) in [5.74, 6) is 0. The van der Waals surface area contributed by atoms with E-state index in [0.717, 1.165) is 44.4 Å². The Labute approximate surface area is 139 Å². The van der Waals surface area contributed by atoms with Crippen LogP contribution in [0.15, 0.2) is 30.3 Å². The quantitative estimate of drug-likeness (QED) is 0.839.